The summed E-state index contributed by atoms with van der Waals surface area (Å²) >= 11 is 0. The number of rotatable bonds is 8. The van der Waals surface area contributed by atoms with Gasteiger partial charge in [0.1, 0.15) is 12.6 Å². The monoisotopic (exact) mass is 381 g/mol. The summed E-state index contributed by atoms with van der Waals surface area (Å²) in [6.45, 7) is 1.00. The molecule has 3 amide bonds. The Hall–Kier alpha value is -3.35. The minimum Gasteiger partial charge on any atom is -0.445 e. The first-order chi connectivity index (χ1) is 13.6. The molecule has 1 fully saturated rings. The van der Waals surface area contributed by atoms with Gasteiger partial charge in [-0.05, 0) is 24.1 Å². The fourth-order valence-electron chi connectivity index (χ4n) is 2.85. The summed E-state index contributed by atoms with van der Waals surface area (Å²) in [6.07, 6.45) is 0.181. The number of alkyl carbamates (subject to hydrolysis) is 1. The van der Waals surface area contributed by atoms with Crippen LogP contribution in [0.2, 0.25) is 0 Å². The molecule has 146 valence electrons. The number of ether oxygens (including phenoxy) is 1. The Balaban J connectivity index is 1.27. The van der Waals surface area contributed by atoms with E-state index in [1.165, 1.54) is 0 Å². The van der Waals surface area contributed by atoms with E-state index in [-0.39, 0.29) is 24.8 Å². The Bertz CT molecular complexity index is 811. The number of carbonyl (C=O) groups is 3. The van der Waals surface area contributed by atoms with Crippen LogP contribution in [0.3, 0.4) is 0 Å². The highest BCUT2D eigenvalue weighted by Gasteiger charge is 2.38. The number of hydrogen-bond acceptors (Lipinski definition) is 4. The van der Waals surface area contributed by atoms with Crippen LogP contribution in [0, 0.1) is 0 Å². The van der Waals surface area contributed by atoms with Gasteiger partial charge in [-0.2, -0.15) is 0 Å². The molecule has 2 N–H and O–H groups in total. The van der Waals surface area contributed by atoms with E-state index < -0.39 is 12.1 Å². The van der Waals surface area contributed by atoms with Gasteiger partial charge in [-0.1, -0.05) is 48.5 Å². The summed E-state index contributed by atoms with van der Waals surface area (Å²) < 4.78 is 5.09. The normalized spacial score (nSPS) is 15.5. The van der Waals surface area contributed by atoms with E-state index >= 15 is 0 Å². The molecular formula is C21H23N3O4. The van der Waals surface area contributed by atoms with E-state index in [0.29, 0.717) is 19.5 Å². The molecule has 7 nitrogen and oxygen atoms in total. The van der Waals surface area contributed by atoms with Crippen molar-refractivity contribution in [2.45, 2.75) is 25.5 Å². The highest BCUT2D eigenvalue weighted by molar-refractivity contribution is 6.05. The van der Waals surface area contributed by atoms with E-state index in [9.17, 15) is 14.4 Å². The molecular weight excluding hydrogens is 358 g/mol. The minimum absolute atomic E-state index is 0.109. The van der Waals surface area contributed by atoms with Gasteiger partial charge in [0.25, 0.3) is 5.91 Å². The van der Waals surface area contributed by atoms with Crippen LogP contribution >= 0.6 is 0 Å². The fourth-order valence-corrected chi connectivity index (χ4v) is 2.85. The molecule has 1 atom stereocenters. The SMILES string of the molecule is O=C(CCCNC(=O)OCc1ccccc1)N[C@@H]1CN(c2ccccc2)C1=O. The average molecular weight is 381 g/mol. The van der Waals surface area contributed by atoms with Crippen molar-refractivity contribution in [2.24, 2.45) is 0 Å². The largest absolute Gasteiger partial charge is 0.445 e. The molecule has 0 spiro atoms. The summed E-state index contributed by atoms with van der Waals surface area (Å²) in [5.41, 5.74) is 1.74. The maximum atomic E-state index is 12.1. The number of nitrogens with zero attached hydrogens (tertiary/aromatic N) is 1. The Labute approximate surface area is 163 Å². The van der Waals surface area contributed by atoms with Crippen LogP contribution in [0.4, 0.5) is 10.5 Å². The molecule has 28 heavy (non-hydrogen) atoms. The van der Waals surface area contributed by atoms with Gasteiger partial charge in [-0.3, -0.25) is 9.59 Å². The zero-order valence-electron chi connectivity index (χ0n) is 15.5. The lowest BCUT2D eigenvalue weighted by molar-refractivity contribution is -0.130. The third-order valence-corrected chi connectivity index (χ3v) is 4.40. The average Bonchev–Trinajstić information content (AvgIpc) is 2.73. The molecule has 0 radical (unpaired) electrons. The molecule has 1 aliphatic rings. The van der Waals surface area contributed by atoms with Crippen LogP contribution in [-0.4, -0.2) is 37.0 Å². The second-order valence-electron chi connectivity index (χ2n) is 6.50. The van der Waals surface area contributed by atoms with Crippen molar-refractivity contribution in [3.05, 3.63) is 66.2 Å². The first-order valence-electron chi connectivity index (χ1n) is 9.24. The lowest BCUT2D eigenvalue weighted by Crippen LogP contribution is -2.64. The Morgan fingerprint density at radius 2 is 1.71 bits per heavy atom. The van der Waals surface area contributed by atoms with Gasteiger partial charge in [-0.15, -0.1) is 0 Å². The van der Waals surface area contributed by atoms with Gasteiger partial charge in [0.05, 0.1) is 6.54 Å². The van der Waals surface area contributed by atoms with Crippen molar-refractivity contribution in [1.82, 2.24) is 10.6 Å². The van der Waals surface area contributed by atoms with Crippen LogP contribution in [0.5, 0.6) is 0 Å². The molecule has 0 aromatic heterocycles. The molecule has 7 heteroatoms. The van der Waals surface area contributed by atoms with Gasteiger partial charge in [-0.25, -0.2) is 4.79 Å². The van der Waals surface area contributed by atoms with Crippen molar-refractivity contribution in [3.63, 3.8) is 0 Å². The van der Waals surface area contributed by atoms with Crippen LogP contribution in [-0.2, 0) is 20.9 Å². The maximum Gasteiger partial charge on any atom is 0.407 e. The fraction of sp³-hybridized carbons (Fsp3) is 0.286. The van der Waals surface area contributed by atoms with Crippen LogP contribution in [0.1, 0.15) is 18.4 Å². The first-order valence-corrected chi connectivity index (χ1v) is 9.24. The third kappa shape index (κ3) is 5.33. The highest BCUT2D eigenvalue weighted by atomic mass is 16.5. The van der Waals surface area contributed by atoms with Gasteiger partial charge < -0.3 is 20.3 Å². The first kappa shape index (κ1) is 19.4. The quantitative estimate of drug-likeness (QED) is 0.542. The summed E-state index contributed by atoms with van der Waals surface area (Å²) in [5.74, 6) is -0.312. The summed E-state index contributed by atoms with van der Waals surface area (Å²) in [6, 6.07) is 18.3. The molecule has 1 aliphatic heterocycles. The number of carbonyl (C=O) groups excluding carboxylic acids is 3. The summed E-state index contributed by atoms with van der Waals surface area (Å²) in [5, 5.41) is 5.34. The number of nitrogens with one attached hydrogen (secondary N) is 2. The molecule has 2 aromatic carbocycles. The molecule has 0 unspecified atom stereocenters. The lowest BCUT2D eigenvalue weighted by atomic mass is 10.1. The molecule has 0 saturated carbocycles. The topological polar surface area (TPSA) is 87.7 Å². The molecule has 1 heterocycles. The highest BCUT2D eigenvalue weighted by Crippen LogP contribution is 2.21. The van der Waals surface area contributed by atoms with E-state index in [0.717, 1.165) is 11.3 Å². The minimum atomic E-state index is -0.517. The number of amides is 3. The third-order valence-electron chi connectivity index (χ3n) is 4.40. The number of β-lactam (4-membered cyclic amide) rings is 1. The Kier molecular flexibility index (Phi) is 6.62. The number of benzene rings is 2. The summed E-state index contributed by atoms with van der Waals surface area (Å²) in [4.78, 5) is 37.4. The van der Waals surface area contributed by atoms with Crippen LogP contribution in [0.25, 0.3) is 0 Å². The predicted octanol–water partition coefficient (Wildman–Crippen LogP) is 2.22. The number of hydrogen-bond donors (Lipinski definition) is 2. The molecule has 2 aromatic rings. The standard InChI is InChI=1S/C21H23N3O4/c25-19(23-18-14-24(20(18)26)17-10-5-2-6-11-17)12-7-13-22-21(27)28-15-16-8-3-1-4-9-16/h1-6,8-11,18H,7,12-15H2,(H,22,27)(H,23,25)/t18-/m1/s1. The van der Waals surface area contributed by atoms with E-state index in [1.807, 2.05) is 60.7 Å². The zero-order chi connectivity index (χ0) is 19.8. The van der Waals surface area contributed by atoms with E-state index in [2.05, 4.69) is 10.6 Å². The summed E-state index contributed by atoms with van der Waals surface area (Å²) in [7, 11) is 0. The molecule has 0 bridgehead atoms. The second kappa shape index (κ2) is 9.55. The van der Waals surface area contributed by atoms with E-state index in [1.54, 1.807) is 4.90 Å². The van der Waals surface area contributed by atoms with Crippen LogP contribution in [0.15, 0.2) is 60.7 Å². The van der Waals surface area contributed by atoms with Gasteiger partial charge in [0.15, 0.2) is 0 Å². The lowest BCUT2D eigenvalue weighted by Gasteiger charge is -2.38. The van der Waals surface area contributed by atoms with Crippen molar-refractivity contribution in [1.29, 1.82) is 0 Å². The number of anilines is 1. The maximum absolute atomic E-state index is 12.1. The molecule has 1 saturated heterocycles. The second-order valence-corrected chi connectivity index (χ2v) is 6.50. The number of para-hydroxylation sites is 1. The zero-order valence-corrected chi connectivity index (χ0v) is 15.5. The smallest absolute Gasteiger partial charge is 0.407 e. The molecule has 3 rings (SSSR count). The van der Waals surface area contributed by atoms with Crippen molar-refractivity contribution < 1.29 is 19.1 Å². The van der Waals surface area contributed by atoms with Gasteiger partial charge in [0.2, 0.25) is 5.91 Å². The van der Waals surface area contributed by atoms with Crippen molar-refractivity contribution >= 4 is 23.6 Å². The van der Waals surface area contributed by atoms with Crippen molar-refractivity contribution in [2.75, 3.05) is 18.0 Å². The van der Waals surface area contributed by atoms with Crippen molar-refractivity contribution in [3.8, 4) is 0 Å². The Morgan fingerprint density at radius 1 is 1.04 bits per heavy atom. The van der Waals surface area contributed by atoms with E-state index in [4.69, 9.17) is 4.74 Å². The van der Waals surface area contributed by atoms with Gasteiger partial charge in [0, 0.05) is 18.7 Å². The molecule has 0 aliphatic carbocycles. The predicted molar refractivity (Wildman–Crippen MR) is 105 cm³/mol. The Morgan fingerprint density at radius 3 is 2.39 bits per heavy atom. The van der Waals surface area contributed by atoms with Crippen LogP contribution < -0.4 is 15.5 Å². The van der Waals surface area contributed by atoms with Gasteiger partial charge >= 0.3 is 6.09 Å².